The van der Waals surface area contributed by atoms with Crippen LogP contribution in [0.25, 0.3) is 9.88 Å². The van der Waals surface area contributed by atoms with Gasteiger partial charge in [-0.2, -0.15) is 0 Å². The zero-order chi connectivity index (χ0) is 14.3. The molecule has 5 nitrogen and oxygen atoms in total. The van der Waals surface area contributed by atoms with Gasteiger partial charge in [-0.3, -0.25) is 4.79 Å². The highest BCUT2D eigenvalue weighted by Crippen LogP contribution is 2.32. The number of aromatic nitrogens is 3. The van der Waals surface area contributed by atoms with Crippen molar-refractivity contribution in [3.8, 4) is 9.88 Å². The van der Waals surface area contributed by atoms with Crippen molar-refractivity contribution in [1.82, 2.24) is 19.5 Å². The van der Waals surface area contributed by atoms with Crippen LogP contribution in [0.2, 0.25) is 0 Å². The van der Waals surface area contributed by atoms with Crippen LogP contribution in [0.4, 0.5) is 0 Å². The maximum absolute atomic E-state index is 12.4. The lowest BCUT2D eigenvalue weighted by Crippen LogP contribution is -2.30. The molecule has 2 aromatic rings. The van der Waals surface area contributed by atoms with Crippen LogP contribution < -0.4 is 0 Å². The molecule has 7 heteroatoms. The minimum Gasteiger partial charge on any atom is -0.337 e. The molecule has 1 fully saturated rings. The van der Waals surface area contributed by atoms with Crippen LogP contribution >= 0.6 is 22.9 Å². The quantitative estimate of drug-likeness (QED) is 0.856. The summed E-state index contributed by atoms with van der Waals surface area (Å²) in [5.41, 5.74) is 1.62. The highest BCUT2D eigenvalue weighted by Gasteiger charge is 2.33. The van der Waals surface area contributed by atoms with Gasteiger partial charge in [0.05, 0.1) is 5.69 Å². The predicted molar refractivity (Wildman–Crippen MR) is 80.1 cm³/mol. The first kappa shape index (κ1) is 13.6. The number of nitrogens with zero attached hydrogens (tertiary/aromatic N) is 4. The van der Waals surface area contributed by atoms with Gasteiger partial charge in [0.25, 0.3) is 5.91 Å². The fourth-order valence-electron chi connectivity index (χ4n) is 2.35. The third kappa shape index (κ3) is 2.47. The molecular weight excluding hydrogens is 292 g/mol. The summed E-state index contributed by atoms with van der Waals surface area (Å²) >= 11 is 2.80. The van der Waals surface area contributed by atoms with Gasteiger partial charge in [0.1, 0.15) is 15.6 Å². The van der Waals surface area contributed by atoms with E-state index in [1.54, 1.807) is 0 Å². The molecule has 0 bridgehead atoms. The smallest absolute Gasteiger partial charge is 0.273 e. The molecule has 0 N–H and O–H groups in total. The maximum atomic E-state index is 12.4. The average Bonchev–Trinajstić information content (AvgIpc) is 3.07. The molecule has 1 amide bonds. The van der Waals surface area contributed by atoms with Gasteiger partial charge in [-0.1, -0.05) is 18.3 Å². The number of likely N-dealkylation sites (tertiary alicyclic amines) is 1. The highest BCUT2D eigenvalue weighted by molar-refractivity contribution is 7.18. The molecule has 0 aliphatic carbocycles. The van der Waals surface area contributed by atoms with Crippen molar-refractivity contribution in [2.45, 2.75) is 27.2 Å². The van der Waals surface area contributed by atoms with E-state index >= 15 is 0 Å². The van der Waals surface area contributed by atoms with E-state index in [-0.39, 0.29) is 11.3 Å². The van der Waals surface area contributed by atoms with Gasteiger partial charge in [-0.05, 0) is 30.3 Å². The minimum absolute atomic E-state index is 0.0354. The Labute approximate surface area is 125 Å². The fraction of sp³-hybridized carbons (Fsp3) is 0.538. The molecule has 0 saturated carbocycles. The highest BCUT2D eigenvalue weighted by atomic mass is 32.1. The molecule has 1 saturated heterocycles. The fourth-order valence-corrected chi connectivity index (χ4v) is 3.93. The van der Waals surface area contributed by atoms with Crippen LogP contribution in [-0.2, 0) is 0 Å². The minimum atomic E-state index is 0.0354. The van der Waals surface area contributed by atoms with Crippen molar-refractivity contribution in [3.05, 3.63) is 16.8 Å². The number of hydrogen-bond acceptors (Lipinski definition) is 6. The van der Waals surface area contributed by atoms with Crippen LogP contribution in [0.15, 0.2) is 5.38 Å². The van der Waals surface area contributed by atoms with Gasteiger partial charge in [0, 0.05) is 18.5 Å². The van der Waals surface area contributed by atoms with Crippen molar-refractivity contribution in [2.75, 3.05) is 13.1 Å². The molecule has 0 unspecified atom stereocenters. The van der Waals surface area contributed by atoms with Crippen LogP contribution in [0, 0.1) is 12.3 Å². The van der Waals surface area contributed by atoms with Crippen LogP contribution in [0.1, 0.15) is 36.5 Å². The second-order valence-electron chi connectivity index (χ2n) is 5.87. The molecule has 3 heterocycles. The Bertz CT molecular complexity index is 646. The molecule has 0 aromatic carbocycles. The van der Waals surface area contributed by atoms with Gasteiger partial charge < -0.3 is 4.90 Å². The van der Waals surface area contributed by atoms with E-state index in [1.165, 1.54) is 22.9 Å². The number of thiazole rings is 1. The van der Waals surface area contributed by atoms with E-state index in [1.807, 2.05) is 17.2 Å². The molecule has 0 spiro atoms. The second-order valence-corrected chi connectivity index (χ2v) is 7.48. The lowest BCUT2D eigenvalue weighted by Gasteiger charge is -2.18. The summed E-state index contributed by atoms with van der Waals surface area (Å²) < 4.78 is 3.91. The van der Waals surface area contributed by atoms with Crippen LogP contribution in [-0.4, -0.2) is 38.5 Å². The first-order valence-electron chi connectivity index (χ1n) is 6.50. The first-order valence-corrected chi connectivity index (χ1v) is 8.16. The molecule has 106 valence electrons. The summed E-state index contributed by atoms with van der Waals surface area (Å²) in [5.74, 6) is 0.0354. The van der Waals surface area contributed by atoms with E-state index in [0.717, 1.165) is 35.1 Å². The van der Waals surface area contributed by atoms with Gasteiger partial charge in [-0.25, -0.2) is 4.98 Å². The Morgan fingerprint density at radius 1 is 1.45 bits per heavy atom. The van der Waals surface area contributed by atoms with Crippen molar-refractivity contribution < 1.29 is 4.79 Å². The summed E-state index contributed by atoms with van der Waals surface area (Å²) in [6.45, 7) is 7.92. The number of rotatable bonds is 2. The SMILES string of the molecule is Cc1nnsc1-c1nc(C(=O)N2CCC(C)(C)C2)cs1. The Morgan fingerprint density at radius 3 is 2.85 bits per heavy atom. The van der Waals surface area contributed by atoms with Gasteiger partial charge >= 0.3 is 0 Å². The molecule has 20 heavy (non-hydrogen) atoms. The number of aryl methyl sites for hydroxylation is 1. The summed E-state index contributed by atoms with van der Waals surface area (Å²) in [6, 6.07) is 0. The van der Waals surface area contributed by atoms with E-state index in [2.05, 4.69) is 28.4 Å². The van der Waals surface area contributed by atoms with Crippen LogP contribution in [0.3, 0.4) is 0 Å². The summed E-state index contributed by atoms with van der Waals surface area (Å²) in [7, 11) is 0. The third-order valence-corrected chi connectivity index (χ3v) is 5.36. The van der Waals surface area contributed by atoms with E-state index in [4.69, 9.17) is 0 Å². The van der Waals surface area contributed by atoms with Gasteiger partial charge in [-0.15, -0.1) is 16.4 Å². The molecular formula is C13H16N4OS2. The third-order valence-electron chi connectivity index (χ3n) is 3.53. The summed E-state index contributed by atoms with van der Waals surface area (Å²) in [6.07, 6.45) is 1.05. The summed E-state index contributed by atoms with van der Waals surface area (Å²) in [4.78, 5) is 19.8. The number of carbonyl (C=O) groups is 1. The summed E-state index contributed by atoms with van der Waals surface area (Å²) in [5, 5.41) is 6.65. The number of carbonyl (C=O) groups excluding carboxylic acids is 1. The zero-order valence-electron chi connectivity index (χ0n) is 11.7. The standard InChI is InChI=1S/C13H16N4OS2/c1-8-10(20-16-15-8)11-14-9(6-19-11)12(18)17-5-4-13(2,3)7-17/h6H,4-5,7H2,1-3H3. The normalized spacial score (nSPS) is 17.6. The molecule has 0 atom stereocenters. The van der Waals surface area contributed by atoms with Crippen LogP contribution in [0.5, 0.6) is 0 Å². The zero-order valence-corrected chi connectivity index (χ0v) is 13.3. The largest absolute Gasteiger partial charge is 0.337 e. The van der Waals surface area contributed by atoms with E-state index in [0.29, 0.717) is 5.69 Å². The lowest BCUT2D eigenvalue weighted by atomic mass is 9.93. The van der Waals surface area contributed by atoms with Crippen molar-refractivity contribution in [2.24, 2.45) is 5.41 Å². The molecule has 1 aliphatic heterocycles. The van der Waals surface area contributed by atoms with E-state index in [9.17, 15) is 4.79 Å². The van der Waals surface area contributed by atoms with Gasteiger partial charge in [0.15, 0.2) is 0 Å². The van der Waals surface area contributed by atoms with Crippen molar-refractivity contribution in [3.63, 3.8) is 0 Å². The monoisotopic (exact) mass is 308 g/mol. The Morgan fingerprint density at radius 2 is 2.25 bits per heavy atom. The molecule has 0 radical (unpaired) electrons. The Kier molecular flexibility index (Phi) is 3.33. The second kappa shape index (κ2) is 4.89. The first-order chi connectivity index (χ1) is 9.46. The molecule has 1 aliphatic rings. The predicted octanol–water partition coefficient (Wildman–Crippen LogP) is 2.84. The van der Waals surface area contributed by atoms with Crippen molar-refractivity contribution in [1.29, 1.82) is 0 Å². The average molecular weight is 308 g/mol. The molecule has 3 rings (SSSR count). The lowest BCUT2D eigenvalue weighted by molar-refractivity contribution is 0.0773. The van der Waals surface area contributed by atoms with E-state index < -0.39 is 0 Å². The number of hydrogen-bond donors (Lipinski definition) is 0. The molecule has 2 aromatic heterocycles. The Balaban J connectivity index is 1.81. The maximum Gasteiger partial charge on any atom is 0.273 e. The number of amides is 1. The topological polar surface area (TPSA) is 59.0 Å². The van der Waals surface area contributed by atoms with Gasteiger partial charge in [0.2, 0.25) is 0 Å². The van der Waals surface area contributed by atoms with Crippen molar-refractivity contribution >= 4 is 28.8 Å². The Hall–Kier alpha value is -1.34.